The van der Waals surface area contributed by atoms with Gasteiger partial charge in [0.2, 0.25) is 0 Å². The van der Waals surface area contributed by atoms with Gasteiger partial charge in [-0.15, -0.1) is 0 Å². The van der Waals surface area contributed by atoms with Crippen LogP contribution in [0.2, 0.25) is 0 Å². The third-order valence-corrected chi connectivity index (χ3v) is 3.67. The van der Waals surface area contributed by atoms with Crippen molar-refractivity contribution in [3.8, 4) is 0 Å². The highest BCUT2D eigenvalue weighted by Crippen LogP contribution is 2.21. The highest BCUT2D eigenvalue weighted by atomic mass is 15.1. The standard InChI is InChI=1S/C15H24N2/c1-3-13-6-5-7-15(12-13)17-10-8-14(9-11-17)16-4-2/h5-7,12,14,16H,3-4,8-11H2,1-2H3. The van der Waals surface area contributed by atoms with Crippen molar-refractivity contribution in [3.05, 3.63) is 29.8 Å². The average Bonchev–Trinajstić information content (AvgIpc) is 2.40. The Morgan fingerprint density at radius 3 is 2.65 bits per heavy atom. The predicted octanol–water partition coefficient (Wildman–Crippen LogP) is 2.83. The Morgan fingerprint density at radius 2 is 2.00 bits per heavy atom. The van der Waals surface area contributed by atoms with E-state index in [0.717, 1.165) is 19.0 Å². The van der Waals surface area contributed by atoms with Crippen LogP contribution in [-0.2, 0) is 6.42 Å². The van der Waals surface area contributed by atoms with Gasteiger partial charge < -0.3 is 10.2 Å². The van der Waals surface area contributed by atoms with Gasteiger partial charge in [-0.25, -0.2) is 0 Å². The molecule has 17 heavy (non-hydrogen) atoms. The van der Waals surface area contributed by atoms with Crippen LogP contribution in [0, 0.1) is 0 Å². The van der Waals surface area contributed by atoms with E-state index in [-0.39, 0.29) is 0 Å². The van der Waals surface area contributed by atoms with Gasteiger partial charge in [0.15, 0.2) is 0 Å². The zero-order valence-electron chi connectivity index (χ0n) is 11.1. The van der Waals surface area contributed by atoms with Gasteiger partial charge in [-0.3, -0.25) is 0 Å². The lowest BCUT2D eigenvalue weighted by Gasteiger charge is -2.34. The van der Waals surface area contributed by atoms with Gasteiger partial charge in [-0.05, 0) is 43.5 Å². The maximum absolute atomic E-state index is 3.55. The monoisotopic (exact) mass is 232 g/mol. The third kappa shape index (κ3) is 3.22. The second-order valence-corrected chi connectivity index (χ2v) is 4.84. The average molecular weight is 232 g/mol. The molecule has 0 atom stereocenters. The maximum Gasteiger partial charge on any atom is 0.0368 e. The number of nitrogens with zero attached hydrogens (tertiary/aromatic N) is 1. The van der Waals surface area contributed by atoms with Crippen LogP contribution >= 0.6 is 0 Å². The molecule has 2 rings (SSSR count). The normalized spacial score (nSPS) is 17.4. The molecule has 1 N–H and O–H groups in total. The van der Waals surface area contributed by atoms with E-state index < -0.39 is 0 Å². The van der Waals surface area contributed by atoms with E-state index >= 15 is 0 Å². The molecule has 0 amide bonds. The second-order valence-electron chi connectivity index (χ2n) is 4.84. The van der Waals surface area contributed by atoms with E-state index in [1.54, 1.807) is 0 Å². The van der Waals surface area contributed by atoms with Gasteiger partial charge in [0.05, 0.1) is 0 Å². The molecule has 1 aliphatic rings. The molecule has 1 heterocycles. The predicted molar refractivity (Wildman–Crippen MR) is 74.7 cm³/mol. The Hall–Kier alpha value is -1.02. The van der Waals surface area contributed by atoms with Gasteiger partial charge >= 0.3 is 0 Å². The Balaban J connectivity index is 1.95. The molecule has 1 aliphatic heterocycles. The highest BCUT2D eigenvalue weighted by molar-refractivity contribution is 5.49. The number of hydrogen-bond donors (Lipinski definition) is 1. The van der Waals surface area contributed by atoms with Crippen molar-refractivity contribution in [1.29, 1.82) is 0 Å². The Bertz CT molecular complexity index is 341. The van der Waals surface area contributed by atoms with Gasteiger partial charge in [-0.2, -0.15) is 0 Å². The summed E-state index contributed by atoms with van der Waals surface area (Å²) >= 11 is 0. The van der Waals surface area contributed by atoms with E-state index in [2.05, 4.69) is 48.3 Å². The molecule has 0 radical (unpaired) electrons. The minimum atomic E-state index is 0.727. The third-order valence-electron chi connectivity index (χ3n) is 3.67. The molecule has 2 nitrogen and oxygen atoms in total. The van der Waals surface area contributed by atoms with Crippen LogP contribution in [0.1, 0.15) is 32.3 Å². The largest absolute Gasteiger partial charge is 0.371 e. The number of rotatable bonds is 4. The van der Waals surface area contributed by atoms with Crippen LogP contribution in [0.4, 0.5) is 5.69 Å². The fourth-order valence-electron chi connectivity index (χ4n) is 2.60. The van der Waals surface area contributed by atoms with Crippen LogP contribution < -0.4 is 10.2 Å². The molecule has 1 saturated heterocycles. The molecule has 2 heteroatoms. The van der Waals surface area contributed by atoms with E-state index in [4.69, 9.17) is 0 Å². The van der Waals surface area contributed by atoms with Crippen molar-refractivity contribution >= 4 is 5.69 Å². The molecular weight excluding hydrogens is 208 g/mol. The van der Waals surface area contributed by atoms with E-state index in [1.165, 1.54) is 37.2 Å². The number of hydrogen-bond acceptors (Lipinski definition) is 2. The van der Waals surface area contributed by atoms with Crippen molar-refractivity contribution in [1.82, 2.24) is 5.32 Å². The van der Waals surface area contributed by atoms with Gasteiger partial charge in [-0.1, -0.05) is 26.0 Å². The zero-order valence-corrected chi connectivity index (χ0v) is 11.1. The van der Waals surface area contributed by atoms with Crippen molar-refractivity contribution in [2.45, 2.75) is 39.2 Å². The van der Waals surface area contributed by atoms with Gasteiger partial charge in [0.1, 0.15) is 0 Å². The summed E-state index contributed by atoms with van der Waals surface area (Å²) in [5.74, 6) is 0. The number of anilines is 1. The number of aryl methyl sites for hydroxylation is 1. The molecule has 0 aliphatic carbocycles. The fraction of sp³-hybridized carbons (Fsp3) is 0.600. The topological polar surface area (TPSA) is 15.3 Å². The highest BCUT2D eigenvalue weighted by Gasteiger charge is 2.18. The lowest BCUT2D eigenvalue weighted by molar-refractivity contribution is 0.424. The first-order chi connectivity index (χ1) is 8.33. The zero-order chi connectivity index (χ0) is 12.1. The van der Waals surface area contributed by atoms with Crippen LogP contribution in [-0.4, -0.2) is 25.7 Å². The van der Waals surface area contributed by atoms with E-state index in [9.17, 15) is 0 Å². The summed E-state index contributed by atoms with van der Waals surface area (Å²) in [7, 11) is 0. The molecule has 0 spiro atoms. The van der Waals surface area contributed by atoms with Crippen molar-refractivity contribution in [2.24, 2.45) is 0 Å². The fourth-order valence-corrected chi connectivity index (χ4v) is 2.60. The van der Waals surface area contributed by atoms with Gasteiger partial charge in [0.25, 0.3) is 0 Å². The summed E-state index contributed by atoms with van der Waals surface area (Å²) < 4.78 is 0. The number of nitrogens with one attached hydrogen (secondary N) is 1. The molecule has 1 aromatic rings. The molecule has 0 bridgehead atoms. The van der Waals surface area contributed by atoms with Crippen LogP contribution in [0.25, 0.3) is 0 Å². The van der Waals surface area contributed by atoms with Crippen molar-refractivity contribution in [3.63, 3.8) is 0 Å². The van der Waals surface area contributed by atoms with Crippen molar-refractivity contribution < 1.29 is 0 Å². The molecule has 1 fully saturated rings. The van der Waals surface area contributed by atoms with Gasteiger partial charge in [0, 0.05) is 24.8 Å². The van der Waals surface area contributed by atoms with Crippen molar-refractivity contribution in [2.75, 3.05) is 24.5 Å². The summed E-state index contributed by atoms with van der Waals surface area (Å²) in [5, 5.41) is 3.55. The first kappa shape index (κ1) is 12.4. The van der Waals surface area contributed by atoms with E-state index in [0.29, 0.717) is 0 Å². The summed E-state index contributed by atoms with van der Waals surface area (Å²) in [6, 6.07) is 9.71. The quantitative estimate of drug-likeness (QED) is 0.858. The molecule has 1 aromatic carbocycles. The summed E-state index contributed by atoms with van der Waals surface area (Å²) in [5.41, 5.74) is 2.84. The molecule has 0 saturated carbocycles. The first-order valence-electron chi connectivity index (χ1n) is 6.90. The lowest BCUT2D eigenvalue weighted by atomic mass is 10.0. The SMILES string of the molecule is CCNC1CCN(c2cccc(CC)c2)CC1. The maximum atomic E-state index is 3.55. The summed E-state index contributed by atoms with van der Waals surface area (Å²) in [4.78, 5) is 2.52. The minimum Gasteiger partial charge on any atom is -0.371 e. The Morgan fingerprint density at radius 1 is 1.24 bits per heavy atom. The summed E-state index contributed by atoms with van der Waals surface area (Å²) in [6.45, 7) is 7.87. The van der Waals surface area contributed by atoms with E-state index in [1.807, 2.05) is 0 Å². The molecule has 0 aromatic heterocycles. The Labute approximate surface area is 105 Å². The molecule has 0 unspecified atom stereocenters. The minimum absolute atomic E-state index is 0.727. The Kier molecular flexibility index (Phi) is 4.43. The molecular formula is C15H24N2. The smallest absolute Gasteiger partial charge is 0.0368 e. The summed E-state index contributed by atoms with van der Waals surface area (Å²) in [6.07, 6.45) is 3.66. The lowest BCUT2D eigenvalue weighted by Crippen LogP contribution is -2.42. The van der Waals surface area contributed by atoms with Crippen LogP contribution in [0.15, 0.2) is 24.3 Å². The molecule has 94 valence electrons. The first-order valence-corrected chi connectivity index (χ1v) is 6.90. The number of piperidine rings is 1. The van der Waals surface area contributed by atoms with Crippen LogP contribution in [0.3, 0.4) is 0 Å². The second kappa shape index (κ2) is 6.06. The number of benzene rings is 1. The van der Waals surface area contributed by atoms with Crippen LogP contribution in [0.5, 0.6) is 0 Å².